The zero-order chi connectivity index (χ0) is 15.2. The quantitative estimate of drug-likeness (QED) is 0.809. The van der Waals surface area contributed by atoms with Crippen LogP contribution in [0, 0.1) is 5.92 Å². The topological polar surface area (TPSA) is 59.1 Å². The summed E-state index contributed by atoms with van der Waals surface area (Å²) >= 11 is 0. The molecule has 2 N–H and O–H groups in total. The zero-order valence-electron chi connectivity index (χ0n) is 11.7. The lowest BCUT2D eigenvalue weighted by atomic mass is 10.2. The van der Waals surface area contributed by atoms with Crippen LogP contribution in [0.2, 0.25) is 0 Å². The minimum absolute atomic E-state index is 0.145. The summed E-state index contributed by atoms with van der Waals surface area (Å²) < 4.78 is 43.1. The standard InChI is InChI=1S/C12H19F3N4O/c1-4-16-9-5-10(17-6-8(2)7-20-3)19-11(18-9)12(13,14)15/h5,8H,4,6-7H2,1-3H3,(H2,16,17,18,19). The highest BCUT2D eigenvalue weighted by atomic mass is 19.4. The van der Waals surface area contributed by atoms with Gasteiger partial charge in [-0.3, -0.25) is 0 Å². The van der Waals surface area contributed by atoms with E-state index in [9.17, 15) is 13.2 Å². The summed E-state index contributed by atoms with van der Waals surface area (Å²) in [6, 6.07) is 1.46. The lowest BCUT2D eigenvalue weighted by molar-refractivity contribution is -0.144. The minimum Gasteiger partial charge on any atom is -0.384 e. The zero-order valence-corrected chi connectivity index (χ0v) is 11.7. The Labute approximate surface area is 116 Å². The number of hydrogen-bond donors (Lipinski definition) is 2. The first kappa shape index (κ1) is 16.5. The number of aromatic nitrogens is 2. The maximum Gasteiger partial charge on any atom is 0.451 e. The van der Waals surface area contributed by atoms with Gasteiger partial charge in [-0.05, 0) is 12.8 Å². The maximum absolute atomic E-state index is 12.7. The summed E-state index contributed by atoms with van der Waals surface area (Å²) in [4.78, 5) is 6.94. The highest BCUT2D eigenvalue weighted by Gasteiger charge is 2.35. The van der Waals surface area contributed by atoms with Gasteiger partial charge in [0.1, 0.15) is 11.6 Å². The molecule has 0 saturated carbocycles. The summed E-state index contributed by atoms with van der Waals surface area (Å²) in [6.07, 6.45) is -4.57. The predicted octanol–water partition coefficient (Wildman–Crippen LogP) is 2.62. The molecule has 0 aliphatic rings. The number of halogens is 3. The Balaban J connectivity index is 2.86. The molecule has 1 atom stereocenters. The predicted molar refractivity (Wildman–Crippen MR) is 70.7 cm³/mol. The van der Waals surface area contributed by atoms with Crippen LogP contribution in [-0.4, -0.2) is 36.8 Å². The van der Waals surface area contributed by atoms with E-state index in [0.29, 0.717) is 19.7 Å². The fourth-order valence-electron chi connectivity index (χ4n) is 1.56. The summed E-state index contributed by atoms with van der Waals surface area (Å²) in [6.45, 7) is 5.17. The van der Waals surface area contributed by atoms with Gasteiger partial charge in [0.05, 0.1) is 6.61 Å². The van der Waals surface area contributed by atoms with Gasteiger partial charge >= 0.3 is 6.18 Å². The Morgan fingerprint density at radius 1 is 1.25 bits per heavy atom. The maximum atomic E-state index is 12.7. The molecule has 1 aromatic rings. The molecule has 1 heterocycles. The van der Waals surface area contributed by atoms with Gasteiger partial charge in [0.15, 0.2) is 0 Å². The molecular weight excluding hydrogens is 273 g/mol. The van der Waals surface area contributed by atoms with Crippen molar-refractivity contribution in [2.24, 2.45) is 5.92 Å². The van der Waals surface area contributed by atoms with Crippen LogP contribution in [0.1, 0.15) is 19.7 Å². The number of ether oxygens (including phenoxy) is 1. The summed E-state index contributed by atoms with van der Waals surface area (Å²) in [5.41, 5.74) is 0. The van der Waals surface area contributed by atoms with E-state index in [2.05, 4.69) is 20.6 Å². The van der Waals surface area contributed by atoms with Crippen LogP contribution in [0.5, 0.6) is 0 Å². The van der Waals surface area contributed by atoms with Crippen molar-refractivity contribution in [2.75, 3.05) is 37.4 Å². The Morgan fingerprint density at radius 3 is 2.35 bits per heavy atom. The molecule has 0 aliphatic heterocycles. The molecule has 0 amide bonds. The van der Waals surface area contributed by atoms with Gasteiger partial charge in [-0.15, -0.1) is 0 Å². The fourth-order valence-corrected chi connectivity index (χ4v) is 1.56. The Bertz CT molecular complexity index is 426. The summed E-state index contributed by atoms with van der Waals surface area (Å²) in [5, 5.41) is 5.63. The van der Waals surface area contributed by atoms with Crippen molar-refractivity contribution in [3.63, 3.8) is 0 Å². The Kier molecular flexibility index (Phi) is 6.00. The van der Waals surface area contributed by atoms with E-state index in [-0.39, 0.29) is 17.6 Å². The van der Waals surface area contributed by atoms with E-state index < -0.39 is 12.0 Å². The number of rotatable bonds is 7. The highest BCUT2D eigenvalue weighted by Crippen LogP contribution is 2.28. The van der Waals surface area contributed by atoms with Crippen molar-refractivity contribution < 1.29 is 17.9 Å². The van der Waals surface area contributed by atoms with Crippen LogP contribution in [0.25, 0.3) is 0 Å². The van der Waals surface area contributed by atoms with E-state index >= 15 is 0 Å². The number of nitrogens with zero attached hydrogens (tertiary/aromatic N) is 2. The van der Waals surface area contributed by atoms with Crippen molar-refractivity contribution >= 4 is 11.6 Å². The Morgan fingerprint density at radius 2 is 1.85 bits per heavy atom. The fraction of sp³-hybridized carbons (Fsp3) is 0.667. The lowest BCUT2D eigenvalue weighted by Gasteiger charge is -2.14. The van der Waals surface area contributed by atoms with Crippen molar-refractivity contribution in [3.05, 3.63) is 11.9 Å². The van der Waals surface area contributed by atoms with Crippen LogP contribution < -0.4 is 10.6 Å². The molecule has 0 aliphatic carbocycles. The van der Waals surface area contributed by atoms with Crippen molar-refractivity contribution in [3.8, 4) is 0 Å². The molecule has 0 saturated heterocycles. The molecule has 1 aromatic heterocycles. The minimum atomic E-state index is -4.57. The first-order valence-electron chi connectivity index (χ1n) is 6.29. The van der Waals surface area contributed by atoms with Crippen molar-refractivity contribution in [1.29, 1.82) is 0 Å². The van der Waals surface area contributed by atoms with Crippen molar-refractivity contribution in [1.82, 2.24) is 9.97 Å². The third-order valence-electron chi connectivity index (χ3n) is 2.42. The lowest BCUT2D eigenvalue weighted by Crippen LogP contribution is -2.19. The van der Waals surface area contributed by atoms with Crippen LogP contribution in [0.4, 0.5) is 24.8 Å². The molecule has 0 bridgehead atoms. The Hall–Kier alpha value is -1.57. The third kappa shape index (κ3) is 5.20. The monoisotopic (exact) mass is 292 g/mol. The number of hydrogen-bond acceptors (Lipinski definition) is 5. The van der Waals surface area contributed by atoms with Gasteiger partial charge in [0.25, 0.3) is 0 Å². The normalized spacial score (nSPS) is 13.1. The van der Waals surface area contributed by atoms with Crippen LogP contribution >= 0.6 is 0 Å². The van der Waals surface area contributed by atoms with Gasteiger partial charge in [0, 0.05) is 26.3 Å². The first-order valence-corrected chi connectivity index (χ1v) is 6.29. The molecule has 8 heteroatoms. The smallest absolute Gasteiger partial charge is 0.384 e. The van der Waals surface area contributed by atoms with Gasteiger partial charge in [-0.25, -0.2) is 9.97 Å². The van der Waals surface area contributed by atoms with Crippen LogP contribution in [0.3, 0.4) is 0 Å². The molecule has 0 aromatic carbocycles. The number of methoxy groups -OCH3 is 1. The number of alkyl halides is 3. The second-order valence-electron chi connectivity index (χ2n) is 4.43. The summed E-state index contributed by atoms with van der Waals surface area (Å²) in [5.74, 6) is -0.701. The second-order valence-corrected chi connectivity index (χ2v) is 4.43. The van der Waals surface area contributed by atoms with Gasteiger partial charge < -0.3 is 15.4 Å². The third-order valence-corrected chi connectivity index (χ3v) is 2.42. The molecule has 5 nitrogen and oxygen atoms in total. The molecule has 1 unspecified atom stereocenters. The van der Waals surface area contributed by atoms with Crippen LogP contribution in [-0.2, 0) is 10.9 Å². The van der Waals surface area contributed by atoms with Crippen molar-refractivity contribution in [2.45, 2.75) is 20.0 Å². The van der Waals surface area contributed by atoms with Gasteiger partial charge in [-0.2, -0.15) is 13.2 Å². The van der Waals surface area contributed by atoms with E-state index in [1.807, 2.05) is 6.92 Å². The second kappa shape index (κ2) is 7.28. The number of anilines is 2. The largest absolute Gasteiger partial charge is 0.451 e. The van der Waals surface area contributed by atoms with Gasteiger partial charge in [0.2, 0.25) is 5.82 Å². The SMILES string of the molecule is CCNc1cc(NCC(C)COC)nc(C(F)(F)F)n1. The first-order chi connectivity index (χ1) is 9.36. The van der Waals surface area contributed by atoms with E-state index in [4.69, 9.17) is 4.74 Å². The van der Waals surface area contributed by atoms with E-state index in [0.717, 1.165) is 0 Å². The average molecular weight is 292 g/mol. The molecule has 114 valence electrons. The summed E-state index contributed by atoms with van der Waals surface area (Å²) in [7, 11) is 1.58. The highest BCUT2D eigenvalue weighted by molar-refractivity contribution is 5.47. The van der Waals surface area contributed by atoms with E-state index in [1.165, 1.54) is 6.07 Å². The molecule has 0 spiro atoms. The van der Waals surface area contributed by atoms with Gasteiger partial charge in [-0.1, -0.05) is 6.92 Å². The number of nitrogens with one attached hydrogen (secondary N) is 2. The molecule has 20 heavy (non-hydrogen) atoms. The van der Waals surface area contributed by atoms with Crippen LogP contribution in [0.15, 0.2) is 6.07 Å². The molecule has 0 fully saturated rings. The average Bonchev–Trinajstić information content (AvgIpc) is 2.36. The molecule has 0 radical (unpaired) electrons. The molecule has 1 rings (SSSR count). The van der Waals surface area contributed by atoms with E-state index in [1.54, 1.807) is 14.0 Å². The molecular formula is C12H19F3N4O.